The monoisotopic (exact) mass is 140 g/mol. The minimum Gasteiger partial charge on any atom is -0.389 e. The van der Waals surface area contributed by atoms with E-state index in [-0.39, 0.29) is 6.10 Å². The van der Waals surface area contributed by atoms with Crippen LogP contribution in [0.3, 0.4) is 0 Å². The van der Waals surface area contributed by atoms with Gasteiger partial charge in [-0.2, -0.15) is 0 Å². The summed E-state index contributed by atoms with van der Waals surface area (Å²) in [6.07, 6.45) is 2.32. The van der Waals surface area contributed by atoms with Gasteiger partial charge in [-0.05, 0) is 24.8 Å². The Balaban J connectivity index is 3.68. The highest BCUT2D eigenvalue weighted by atomic mass is 16.3. The standard InChI is InChI=1S/C9H16O/c1-5-7(2)6-8(3)9(4)10/h5,7,9-10H,1,3,6H2,2,4H3. The van der Waals surface area contributed by atoms with Crippen LogP contribution in [-0.2, 0) is 0 Å². The molecular formula is C9H16O. The number of aliphatic hydroxyl groups excluding tert-OH is 1. The molecule has 10 heavy (non-hydrogen) atoms. The van der Waals surface area contributed by atoms with Crippen molar-refractivity contribution in [1.29, 1.82) is 0 Å². The van der Waals surface area contributed by atoms with Crippen LogP contribution < -0.4 is 0 Å². The van der Waals surface area contributed by atoms with E-state index in [1.165, 1.54) is 0 Å². The van der Waals surface area contributed by atoms with Crippen molar-refractivity contribution in [2.24, 2.45) is 5.92 Å². The lowest BCUT2D eigenvalue weighted by Gasteiger charge is -2.10. The Hall–Kier alpha value is -0.560. The summed E-state index contributed by atoms with van der Waals surface area (Å²) < 4.78 is 0. The molecule has 0 saturated heterocycles. The zero-order chi connectivity index (χ0) is 8.15. The minimum atomic E-state index is -0.387. The highest BCUT2D eigenvalue weighted by Crippen LogP contribution is 2.12. The summed E-state index contributed by atoms with van der Waals surface area (Å²) in [4.78, 5) is 0. The molecule has 0 amide bonds. The normalized spacial score (nSPS) is 15.9. The zero-order valence-corrected chi connectivity index (χ0v) is 6.80. The number of hydrogen-bond acceptors (Lipinski definition) is 1. The molecule has 0 saturated carbocycles. The lowest BCUT2D eigenvalue weighted by Crippen LogP contribution is -2.05. The van der Waals surface area contributed by atoms with E-state index >= 15 is 0 Å². The lowest BCUT2D eigenvalue weighted by atomic mass is 10.00. The van der Waals surface area contributed by atoms with Crippen LogP contribution >= 0.6 is 0 Å². The van der Waals surface area contributed by atoms with E-state index in [9.17, 15) is 0 Å². The molecule has 0 aliphatic heterocycles. The van der Waals surface area contributed by atoms with E-state index < -0.39 is 0 Å². The molecule has 0 spiro atoms. The molecule has 0 bridgehead atoms. The molecule has 1 heteroatoms. The van der Waals surface area contributed by atoms with Crippen LogP contribution in [0, 0.1) is 5.92 Å². The van der Waals surface area contributed by atoms with Gasteiger partial charge in [-0.25, -0.2) is 0 Å². The Bertz CT molecular complexity index is 125. The van der Waals surface area contributed by atoms with E-state index in [1.807, 2.05) is 6.08 Å². The maximum atomic E-state index is 9.03. The summed E-state index contributed by atoms with van der Waals surface area (Å²) in [7, 11) is 0. The Morgan fingerprint density at radius 3 is 2.40 bits per heavy atom. The topological polar surface area (TPSA) is 20.2 Å². The van der Waals surface area contributed by atoms with Crippen LogP contribution in [-0.4, -0.2) is 11.2 Å². The summed E-state index contributed by atoms with van der Waals surface area (Å²) in [6, 6.07) is 0. The molecule has 0 aromatic heterocycles. The predicted molar refractivity (Wildman–Crippen MR) is 44.8 cm³/mol. The van der Waals surface area contributed by atoms with E-state index in [1.54, 1.807) is 6.92 Å². The van der Waals surface area contributed by atoms with Crippen molar-refractivity contribution in [3.8, 4) is 0 Å². The molecular weight excluding hydrogens is 124 g/mol. The predicted octanol–water partition coefficient (Wildman–Crippen LogP) is 2.14. The lowest BCUT2D eigenvalue weighted by molar-refractivity contribution is 0.225. The Kier molecular flexibility index (Phi) is 4.05. The molecule has 0 fully saturated rings. The van der Waals surface area contributed by atoms with Gasteiger partial charge in [0.05, 0.1) is 6.10 Å². The molecule has 0 aliphatic rings. The zero-order valence-electron chi connectivity index (χ0n) is 6.80. The molecule has 2 unspecified atom stereocenters. The average molecular weight is 140 g/mol. The summed E-state index contributed by atoms with van der Waals surface area (Å²) in [6.45, 7) is 11.2. The first-order chi connectivity index (χ1) is 4.57. The van der Waals surface area contributed by atoms with Gasteiger partial charge in [0, 0.05) is 0 Å². The van der Waals surface area contributed by atoms with Gasteiger partial charge in [-0.3, -0.25) is 0 Å². The Morgan fingerprint density at radius 1 is 1.60 bits per heavy atom. The number of rotatable bonds is 4. The summed E-state index contributed by atoms with van der Waals surface area (Å²) in [5.41, 5.74) is 0.882. The van der Waals surface area contributed by atoms with Gasteiger partial charge in [0.1, 0.15) is 0 Å². The molecule has 58 valence electrons. The van der Waals surface area contributed by atoms with Crippen molar-refractivity contribution in [3.63, 3.8) is 0 Å². The molecule has 0 radical (unpaired) electrons. The Morgan fingerprint density at radius 2 is 2.10 bits per heavy atom. The first kappa shape index (κ1) is 9.44. The van der Waals surface area contributed by atoms with Crippen molar-refractivity contribution >= 4 is 0 Å². The SMILES string of the molecule is C=CC(C)CC(=C)C(C)O. The molecule has 0 heterocycles. The molecule has 1 nitrogen and oxygen atoms in total. The van der Waals surface area contributed by atoms with Crippen molar-refractivity contribution in [2.75, 3.05) is 0 Å². The van der Waals surface area contributed by atoms with Crippen LogP contribution in [0.4, 0.5) is 0 Å². The quantitative estimate of drug-likeness (QED) is 0.593. The molecule has 0 aliphatic carbocycles. The van der Waals surface area contributed by atoms with Gasteiger partial charge in [0.25, 0.3) is 0 Å². The number of allylic oxidation sites excluding steroid dienone is 1. The fraction of sp³-hybridized carbons (Fsp3) is 0.556. The first-order valence-corrected chi connectivity index (χ1v) is 3.56. The van der Waals surface area contributed by atoms with Crippen LogP contribution in [0.5, 0.6) is 0 Å². The van der Waals surface area contributed by atoms with Gasteiger partial charge in [0.2, 0.25) is 0 Å². The fourth-order valence-electron chi connectivity index (χ4n) is 0.667. The smallest absolute Gasteiger partial charge is 0.0719 e. The van der Waals surface area contributed by atoms with Gasteiger partial charge in [0.15, 0.2) is 0 Å². The first-order valence-electron chi connectivity index (χ1n) is 3.56. The largest absolute Gasteiger partial charge is 0.389 e. The third-order valence-corrected chi connectivity index (χ3v) is 1.58. The van der Waals surface area contributed by atoms with Crippen LogP contribution in [0.1, 0.15) is 20.3 Å². The molecule has 0 aromatic carbocycles. The van der Waals surface area contributed by atoms with Gasteiger partial charge in [-0.1, -0.05) is 19.6 Å². The second-order valence-electron chi connectivity index (χ2n) is 2.75. The number of aliphatic hydroxyl groups is 1. The van der Waals surface area contributed by atoms with Crippen molar-refractivity contribution in [3.05, 3.63) is 24.8 Å². The molecule has 1 N–H and O–H groups in total. The molecule has 0 rings (SSSR count). The minimum absolute atomic E-state index is 0.387. The Labute approximate surface area is 63.1 Å². The third-order valence-electron chi connectivity index (χ3n) is 1.58. The third kappa shape index (κ3) is 3.46. The summed E-state index contributed by atoms with van der Waals surface area (Å²) >= 11 is 0. The second kappa shape index (κ2) is 4.29. The molecule has 0 aromatic rings. The van der Waals surface area contributed by atoms with E-state index in [0.29, 0.717) is 5.92 Å². The van der Waals surface area contributed by atoms with Crippen molar-refractivity contribution in [1.82, 2.24) is 0 Å². The van der Waals surface area contributed by atoms with E-state index in [0.717, 1.165) is 12.0 Å². The van der Waals surface area contributed by atoms with Crippen LogP contribution in [0.25, 0.3) is 0 Å². The van der Waals surface area contributed by atoms with Crippen LogP contribution in [0.2, 0.25) is 0 Å². The van der Waals surface area contributed by atoms with Gasteiger partial charge >= 0.3 is 0 Å². The van der Waals surface area contributed by atoms with Crippen LogP contribution in [0.15, 0.2) is 24.8 Å². The second-order valence-corrected chi connectivity index (χ2v) is 2.75. The number of hydrogen-bond donors (Lipinski definition) is 1. The van der Waals surface area contributed by atoms with Crippen molar-refractivity contribution < 1.29 is 5.11 Å². The van der Waals surface area contributed by atoms with E-state index in [4.69, 9.17) is 5.11 Å². The highest BCUT2D eigenvalue weighted by molar-refractivity contribution is 5.02. The van der Waals surface area contributed by atoms with Gasteiger partial charge < -0.3 is 5.11 Å². The fourth-order valence-corrected chi connectivity index (χ4v) is 0.667. The summed E-state index contributed by atoms with van der Waals surface area (Å²) in [5.74, 6) is 0.419. The summed E-state index contributed by atoms with van der Waals surface area (Å²) in [5, 5.41) is 9.03. The van der Waals surface area contributed by atoms with Gasteiger partial charge in [-0.15, -0.1) is 6.58 Å². The highest BCUT2D eigenvalue weighted by Gasteiger charge is 2.04. The molecule has 2 atom stereocenters. The van der Waals surface area contributed by atoms with E-state index in [2.05, 4.69) is 20.1 Å². The average Bonchev–Trinajstić information content (AvgIpc) is 1.87. The maximum absolute atomic E-state index is 9.03. The maximum Gasteiger partial charge on any atom is 0.0719 e. The van der Waals surface area contributed by atoms with Crippen molar-refractivity contribution in [2.45, 2.75) is 26.4 Å².